The molecule has 2 N–H and O–H groups in total. The Labute approximate surface area is 236 Å². The number of aryl methyl sites for hydroxylation is 2. The van der Waals surface area contributed by atoms with Crippen LogP contribution in [0.25, 0.3) is 22.6 Å². The molecule has 0 saturated carbocycles. The van der Waals surface area contributed by atoms with Crippen molar-refractivity contribution in [1.29, 1.82) is 0 Å². The molecule has 0 amide bonds. The van der Waals surface area contributed by atoms with E-state index in [4.69, 9.17) is 30.8 Å². The predicted octanol–water partition coefficient (Wildman–Crippen LogP) is 4.03. The van der Waals surface area contributed by atoms with E-state index in [0.29, 0.717) is 72.0 Å². The summed E-state index contributed by atoms with van der Waals surface area (Å²) in [5.74, 6) is 2.32. The van der Waals surface area contributed by atoms with Crippen molar-refractivity contribution in [3.63, 3.8) is 0 Å². The molecule has 2 aliphatic heterocycles. The zero-order chi connectivity index (χ0) is 28.6. The van der Waals surface area contributed by atoms with Crippen LogP contribution in [0.15, 0.2) is 33.9 Å². The largest absolute Gasteiger partial charge is 0.491 e. The number of anilines is 1. The highest BCUT2D eigenvalue weighted by Crippen LogP contribution is 2.39. The molecule has 1 aromatic carbocycles. The lowest BCUT2D eigenvalue weighted by atomic mass is 10.0. The van der Waals surface area contributed by atoms with Gasteiger partial charge in [-0.2, -0.15) is 0 Å². The van der Waals surface area contributed by atoms with Crippen LogP contribution in [-0.4, -0.2) is 90.6 Å². The van der Waals surface area contributed by atoms with Crippen molar-refractivity contribution in [2.24, 2.45) is 0 Å². The lowest BCUT2D eigenvalue weighted by Crippen LogP contribution is -2.33. The maximum atomic E-state index is 13.0. The second-order valence-corrected chi connectivity index (χ2v) is 10.7. The molecule has 40 heavy (non-hydrogen) atoms. The van der Waals surface area contributed by atoms with Crippen LogP contribution < -0.4 is 15.0 Å². The molecule has 0 saturated heterocycles. The van der Waals surface area contributed by atoms with Gasteiger partial charge in [-0.05, 0) is 57.2 Å². The molecule has 3 aromatic rings. The van der Waals surface area contributed by atoms with Crippen molar-refractivity contribution in [3.05, 3.63) is 51.4 Å². The third-order valence-electron chi connectivity index (χ3n) is 7.24. The first-order valence-corrected chi connectivity index (χ1v) is 13.5. The molecule has 0 unspecified atom stereocenters. The van der Waals surface area contributed by atoms with Gasteiger partial charge >= 0.3 is 0 Å². The van der Waals surface area contributed by atoms with E-state index >= 15 is 0 Å². The first-order valence-electron chi connectivity index (χ1n) is 13.2. The summed E-state index contributed by atoms with van der Waals surface area (Å²) in [6.45, 7) is 8.26. The zero-order valence-electron chi connectivity index (χ0n) is 23.0. The number of halogens is 3. The number of likely N-dealkylation sites (N-methyl/N-ethyl adjacent to an activating group) is 1. The Morgan fingerprint density at radius 3 is 2.48 bits per heavy atom. The summed E-state index contributed by atoms with van der Waals surface area (Å²) in [7, 11) is 1.76. The van der Waals surface area contributed by atoms with E-state index in [1.54, 1.807) is 30.1 Å². The molecule has 214 valence electrons. The van der Waals surface area contributed by atoms with Crippen molar-refractivity contribution in [2.75, 3.05) is 57.8 Å². The fourth-order valence-electron chi connectivity index (χ4n) is 5.38. The minimum atomic E-state index is -2.35. The van der Waals surface area contributed by atoms with Gasteiger partial charge in [-0.3, -0.25) is 4.90 Å². The van der Waals surface area contributed by atoms with Gasteiger partial charge in [-0.1, -0.05) is 16.8 Å². The lowest BCUT2D eigenvalue weighted by molar-refractivity contribution is 0.100. The molecular formula is C28H33ClF2N6O3. The summed E-state index contributed by atoms with van der Waals surface area (Å²) in [5.41, 5.74) is 5.96. The van der Waals surface area contributed by atoms with Gasteiger partial charge in [0.1, 0.15) is 30.0 Å². The van der Waals surface area contributed by atoms with E-state index in [1.165, 1.54) is 0 Å². The van der Waals surface area contributed by atoms with Crippen molar-refractivity contribution in [2.45, 2.75) is 33.3 Å². The van der Waals surface area contributed by atoms with Crippen LogP contribution in [0.4, 0.5) is 14.6 Å². The standard InChI is InChI=1S/C28H33ClF2N6O3/c1-15-26(25-16(2)35-40-17(25)3)33-27(22-7-21(5-6-23(22)29)39-14-20(38)8-32-4)34-28(15)37-11-18-9-36(13-24(30)31)10-19(18)12-37/h5-7,20,24,32,38H,8-14H2,1-4H3/t20-/m1/s1. The van der Waals surface area contributed by atoms with Gasteiger partial charge in [0.15, 0.2) is 5.82 Å². The monoisotopic (exact) mass is 574 g/mol. The van der Waals surface area contributed by atoms with E-state index < -0.39 is 12.5 Å². The van der Waals surface area contributed by atoms with Crippen molar-refractivity contribution in [3.8, 4) is 28.4 Å². The van der Waals surface area contributed by atoms with E-state index in [1.807, 2.05) is 20.8 Å². The minimum absolute atomic E-state index is 0.111. The average Bonchev–Trinajstić information content (AvgIpc) is 3.56. The van der Waals surface area contributed by atoms with E-state index in [2.05, 4.69) is 15.4 Å². The van der Waals surface area contributed by atoms with E-state index in [-0.39, 0.29) is 13.2 Å². The number of hydrogen-bond donors (Lipinski definition) is 2. The molecule has 5 rings (SSSR count). The highest BCUT2D eigenvalue weighted by molar-refractivity contribution is 6.33. The van der Waals surface area contributed by atoms with Crippen LogP contribution >= 0.6 is 11.6 Å². The number of rotatable bonds is 10. The van der Waals surface area contributed by atoms with Gasteiger partial charge in [0.25, 0.3) is 6.43 Å². The van der Waals surface area contributed by atoms with Crippen LogP contribution in [0.2, 0.25) is 5.02 Å². The lowest BCUT2D eigenvalue weighted by Gasteiger charge is -2.25. The van der Waals surface area contributed by atoms with Crippen LogP contribution in [-0.2, 0) is 0 Å². The molecule has 0 bridgehead atoms. The molecule has 4 heterocycles. The normalized spacial score (nSPS) is 16.4. The Morgan fingerprint density at radius 2 is 1.85 bits per heavy atom. The van der Waals surface area contributed by atoms with Gasteiger partial charge in [0.2, 0.25) is 0 Å². The highest BCUT2D eigenvalue weighted by Gasteiger charge is 2.33. The number of nitrogens with zero attached hydrogens (tertiary/aromatic N) is 5. The van der Waals surface area contributed by atoms with Crippen LogP contribution in [0.5, 0.6) is 5.75 Å². The van der Waals surface area contributed by atoms with Crippen molar-refractivity contribution in [1.82, 2.24) is 25.3 Å². The van der Waals surface area contributed by atoms with Crippen molar-refractivity contribution >= 4 is 17.4 Å². The van der Waals surface area contributed by atoms with E-state index in [0.717, 1.165) is 28.1 Å². The maximum absolute atomic E-state index is 13.0. The fraction of sp³-hybridized carbons (Fsp3) is 0.464. The first-order chi connectivity index (χ1) is 19.1. The third-order valence-corrected chi connectivity index (χ3v) is 7.57. The summed E-state index contributed by atoms with van der Waals surface area (Å²) in [5, 5.41) is 17.6. The third kappa shape index (κ3) is 5.83. The molecule has 12 heteroatoms. The number of hydrogen-bond acceptors (Lipinski definition) is 9. The van der Waals surface area contributed by atoms with E-state index in [9.17, 15) is 13.9 Å². The molecule has 2 aromatic heterocycles. The second-order valence-electron chi connectivity index (χ2n) is 10.3. The Morgan fingerprint density at radius 1 is 1.12 bits per heavy atom. The van der Waals surface area contributed by atoms with Crippen LogP contribution in [0, 0.1) is 20.8 Å². The number of alkyl halides is 2. The predicted molar refractivity (Wildman–Crippen MR) is 149 cm³/mol. The Hall–Kier alpha value is -3.12. The highest BCUT2D eigenvalue weighted by atomic mass is 35.5. The Kier molecular flexibility index (Phi) is 8.37. The SMILES string of the molecule is CNC[C@@H](O)COc1ccc(Cl)c(-c2nc(-c3c(C)noc3C)c(C)c(N3CC4=C(CN(CC(F)F)C4)C3)n2)c1. The first kappa shape index (κ1) is 28.4. The second kappa shape index (κ2) is 11.8. The quantitative estimate of drug-likeness (QED) is 0.348. The van der Waals surface area contributed by atoms with Gasteiger partial charge in [-0.15, -0.1) is 0 Å². The molecule has 2 aliphatic rings. The van der Waals surface area contributed by atoms with Gasteiger partial charge in [0.05, 0.1) is 28.5 Å². The molecular weight excluding hydrogens is 542 g/mol. The smallest absolute Gasteiger partial charge is 0.251 e. The summed E-state index contributed by atoms with van der Waals surface area (Å²) in [6.07, 6.45) is -3.02. The van der Waals surface area contributed by atoms with Gasteiger partial charge in [-0.25, -0.2) is 18.7 Å². The number of nitrogens with one attached hydrogen (secondary N) is 1. The van der Waals surface area contributed by atoms with Gasteiger partial charge < -0.3 is 24.6 Å². The average molecular weight is 575 g/mol. The van der Waals surface area contributed by atoms with Crippen LogP contribution in [0.3, 0.4) is 0 Å². The van der Waals surface area contributed by atoms with Crippen LogP contribution in [0.1, 0.15) is 17.0 Å². The number of aliphatic hydroxyl groups excluding tert-OH is 1. The molecule has 1 atom stereocenters. The van der Waals surface area contributed by atoms with Gasteiger partial charge in [0, 0.05) is 43.9 Å². The molecule has 9 nitrogen and oxygen atoms in total. The summed E-state index contributed by atoms with van der Waals surface area (Å²) < 4.78 is 37.2. The summed E-state index contributed by atoms with van der Waals surface area (Å²) in [4.78, 5) is 13.9. The molecule has 0 fully saturated rings. The molecule has 0 radical (unpaired) electrons. The Balaban J connectivity index is 1.51. The molecule has 0 spiro atoms. The number of ether oxygens (including phenoxy) is 1. The minimum Gasteiger partial charge on any atom is -0.491 e. The topological polar surface area (TPSA) is 99.8 Å². The fourth-order valence-corrected chi connectivity index (χ4v) is 5.59. The number of aromatic nitrogens is 3. The number of aliphatic hydroxyl groups is 1. The Bertz CT molecular complexity index is 1390. The van der Waals surface area contributed by atoms with Crippen molar-refractivity contribution < 1.29 is 23.1 Å². The maximum Gasteiger partial charge on any atom is 0.251 e. The number of benzene rings is 1. The summed E-state index contributed by atoms with van der Waals surface area (Å²) in [6, 6.07) is 5.23. The zero-order valence-corrected chi connectivity index (χ0v) is 23.7. The summed E-state index contributed by atoms with van der Waals surface area (Å²) >= 11 is 6.66. The molecule has 0 aliphatic carbocycles.